The van der Waals surface area contributed by atoms with Crippen molar-refractivity contribution < 1.29 is 0 Å². The lowest BCUT2D eigenvalue weighted by Crippen LogP contribution is -2.07. The number of rotatable bonds is 4. The van der Waals surface area contributed by atoms with E-state index in [1.807, 2.05) is 13.0 Å². The molecule has 1 aromatic heterocycles. The highest BCUT2D eigenvalue weighted by Crippen LogP contribution is 2.24. The number of aromatic nitrogens is 2. The Labute approximate surface area is 84.2 Å². The first-order valence-electron chi connectivity index (χ1n) is 5.14. The lowest BCUT2D eigenvalue weighted by atomic mass is 10.4. The highest BCUT2D eigenvalue weighted by atomic mass is 15.1. The predicted molar refractivity (Wildman–Crippen MR) is 57.6 cm³/mol. The molecule has 0 spiro atoms. The summed E-state index contributed by atoms with van der Waals surface area (Å²) in [5, 5.41) is 6.56. The third-order valence-electron chi connectivity index (χ3n) is 2.13. The van der Waals surface area contributed by atoms with Crippen molar-refractivity contribution in [2.24, 2.45) is 0 Å². The average molecular weight is 192 g/mol. The molecule has 1 aromatic rings. The minimum absolute atomic E-state index is 0.638. The molecule has 0 bridgehead atoms. The highest BCUT2D eigenvalue weighted by molar-refractivity contribution is 5.48. The fraction of sp³-hybridized carbons (Fsp3) is 0.600. The molecule has 2 rings (SSSR count). The van der Waals surface area contributed by atoms with E-state index in [1.54, 1.807) is 0 Å². The molecule has 14 heavy (non-hydrogen) atoms. The molecule has 1 aliphatic carbocycles. The van der Waals surface area contributed by atoms with E-state index < -0.39 is 0 Å². The van der Waals surface area contributed by atoms with Gasteiger partial charge in [-0.1, -0.05) is 0 Å². The first-order chi connectivity index (χ1) is 6.78. The third kappa shape index (κ3) is 2.34. The molecule has 0 amide bonds. The van der Waals surface area contributed by atoms with Gasteiger partial charge in [0.05, 0.1) is 0 Å². The summed E-state index contributed by atoms with van der Waals surface area (Å²) < 4.78 is 0. The highest BCUT2D eigenvalue weighted by Gasteiger charge is 2.21. The van der Waals surface area contributed by atoms with Crippen LogP contribution in [0.2, 0.25) is 0 Å². The van der Waals surface area contributed by atoms with Gasteiger partial charge in [0.15, 0.2) is 0 Å². The summed E-state index contributed by atoms with van der Waals surface area (Å²) in [6.45, 7) is 4.86. The Kier molecular flexibility index (Phi) is 2.52. The van der Waals surface area contributed by atoms with Crippen molar-refractivity contribution in [3.8, 4) is 0 Å². The van der Waals surface area contributed by atoms with Crippen LogP contribution in [0.15, 0.2) is 6.07 Å². The molecule has 1 saturated carbocycles. The van der Waals surface area contributed by atoms with Gasteiger partial charge in [0.25, 0.3) is 0 Å². The summed E-state index contributed by atoms with van der Waals surface area (Å²) in [5.74, 6) is 2.66. The van der Waals surface area contributed by atoms with Gasteiger partial charge >= 0.3 is 0 Å². The monoisotopic (exact) mass is 192 g/mol. The van der Waals surface area contributed by atoms with Gasteiger partial charge < -0.3 is 10.6 Å². The normalized spacial score (nSPS) is 15.3. The van der Waals surface area contributed by atoms with Gasteiger partial charge in [-0.15, -0.1) is 0 Å². The number of aryl methyl sites for hydroxylation is 1. The number of anilines is 2. The van der Waals surface area contributed by atoms with Crippen molar-refractivity contribution in [3.05, 3.63) is 11.9 Å². The summed E-state index contributed by atoms with van der Waals surface area (Å²) in [7, 11) is 0. The van der Waals surface area contributed by atoms with Crippen LogP contribution in [0.3, 0.4) is 0 Å². The zero-order valence-electron chi connectivity index (χ0n) is 8.67. The Hall–Kier alpha value is -1.32. The largest absolute Gasteiger partial charge is 0.370 e. The Morgan fingerprint density at radius 3 is 2.71 bits per heavy atom. The SMILES string of the molecule is CCNc1cc(NC2CC2)nc(C)n1. The van der Waals surface area contributed by atoms with Gasteiger partial charge in [0.2, 0.25) is 0 Å². The van der Waals surface area contributed by atoms with Crippen molar-refractivity contribution in [1.29, 1.82) is 0 Å². The first-order valence-corrected chi connectivity index (χ1v) is 5.14. The molecule has 0 radical (unpaired) electrons. The molecule has 4 nitrogen and oxygen atoms in total. The van der Waals surface area contributed by atoms with E-state index in [1.165, 1.54) is 12.8 Å². The number of hydrogen-bond acceptors (Lipinski definition) is 4. The minimum Gasteiger partial charge on any atom is -0.370 e. The lowest BCUT2D eigenvalue weighted by molar-refractivity contribution is 1.01. The Morgan fingerprint density at radius 2 is 2.07 bits per heavy atom. The Morgan fingerprint density at radius 1 is 1.36 bits per heavy atom. The van der Waals surface area contributed by atoms with Crippen LogP contribution in [0.1, 0.15) is 25.6 Å². The second kappa shape index (κ2) is 3.82. The standard InChI is InChI=1S/C10H16N4/c1-3-11-9-6-10(13-7(2)12-9)14-8-4-5-8/h6,8H,3-5H2,1-2H3,(H2,11,12,13,14). The zero-order chi connectivity index (χ0) is 9.97. The summed E-state index contributed by atoms with van der Waals surface area (Å²) >= 11 is 0. The number of hydrogen-bond donors (Lipinski definition) is 2. The van der Waals surface area contributed by atoms with Crippen molar-refractivity contribution in [2.75, 3.05) is 17.2 Å². The lowest BCUT2D eigenvalue weighted by Gasteiger charge is -2.07. The molecule has 1 fully saturated rings. The van der Waals surface area contributed by atoms with Crippen molar-refractivity contribution in [1.82, 2.24) is 9.97 Å². The Bertz CT molecular complexity index is 320. The van der Waals surface area contributed by atoms with Gasteiger partial charge in [-0.2, -0.15) is 0 Å². The molecule has 76 valence electrons. The summed E-state index contributed by atoms with van der Waals surface area (Å²) in [6.07, 6.45) is 2.53. The molecular weight excluding hydrogens is 176 g/mol. The number of nitrogens with zero attached hydrogens (tertiary/aromatic N) is 2. The molecule has 0 aromatic carbocycles. The van der Waals surface area contributed by atoms with Gasteiger partial charge in [0, 0.05) is 18.7 Å². The van der Waals surface area contributed by atoms with Crippen LogP contribution in [0.25, 0.3) is 0 Å². The molecule has 4 heteroatoms. The van der Waals surface area contributed by atoms with E-state index in [2.05, 4.69) is 27.5 Å². The maximum atomic E-state index is 4.33. The van der Waals surface area contributed by atoms with Crippen LogP contribution in [0.4, 0.5) is 11.6 Å². The molecule has 0 saturated heterocycles. The van der Waals surface area contributed by atoms with Crippen molar-refractivity contribution in [2.45, 2.75) is 32.7 Å². The number of nitrogens with one attached hydrogen (secondary N) is 2. The summed E-state index contributed by atoms with van der Waals surface area (Å²) in [6, 6.07) is 2.60. The van der Waals surface area contributed by atoms with E-state index >= 15 is 0 Å². The van der Waals surface area contributed by atoms with Crippen LogP contribution in [0, 0.1) is 6.92 Å². The summed E-state index contributed by atoms with van der Waals surface area (Å²) in [5.41, 5.74) is 0. The van der Waals surface area contributed by atoms with Gasteiger partial charge in [-0.25, -0.2) is 9.97 Å². The molecule has 0 atom stereocenters. The maximum Gasteiger partial charge on any atom is 0.132 e. The van der Waals surface area contributed by atoms with Gasteiger partial charge in [0.1, 0.15) is 17.5 Å². The van der Waals surface area contributed by atoms with Crippen LogP contribution < -0.4 is 10.6 Å². The second-order valence-corrected chi connectivity index (χ2v) is 3.63. The van der Waals surface area contributed by atoms with Crippen molar-refractivity contribution in [3.63, 3.8) is 0 Å². The molecule has 1 heterocycles. The third-order valence-corrected chi connectivity index (χ3v) is 2.13. The smallest absolute Gasteiger partial charge is 0.132 e. The van der Waals surface area contributed by atoms with Gasteiger partial charge in [-0.3, -0.25) is 0 Å². The van der Waals surface area contributed by atoms with Crippen LogP contribution in [-0.2, 0) is 0 Å². The van der Waals surface area contributed by atoms with Crippen LogP contribution >= 0.6 is 0 Å². The van der Waals surface area contributed by atoms with E-state index in [0.29, 0.717) is 6.04 Å². The van der Waals surface area contributed by atoms with Crippen LogP contribution in [-0.4, -0.2) is 22.6 Å². The van der Waals surface area contributed by atoms with E-state index in [4.69, 9.17) is 0 Å². The predicted octanol–water partition coefficient (Wildman–Crippen LogP) is 1.79. The topological polar surface area (TPSA) is 49.8 Å². The molecule has 0 unspecified atom stereocenters. The fourth-order valence-corrected chi connectivity index (χ4v) is 1.35. The summed E-state index contributed by atoms with van der Waals surface area (Å²) in [4.78, 5) is 8.62. The minimum atomic E-state index is 0.638. The molecule has 0 aliphatic heterocycles. The molecule has 1 aliphatic rings. The molecule has 2 N–H and O–H groups in total. The Balaban J connectivity index is 2.12. The van der Waals surface area contributed by atoms with Crippen LogP contribution in [0.5, 0.6) is 0 Å². The quantitative estimate of drug-likeness (QED) is 0.763. The van der Waals surface area contributed by atoms with E-state index in [9.17, 15) is 0 Å². The average Bonchev–Trinajstić information content (AvgIpc) is 2.87. The van der Waals surface area contributed by atoms with E-state index in [-0.39, 0.29) is 0 Å². The zero-order valence-corrected chi connectivity index (χ0v) is 8.67. The first kappa shape index (κ1) is 9.24. The van der Waals surface area contributed by atoms with Gasteiger partial charge in [-0.05, 0) is 26.7 Å². The van der Waals surface area contributed by atoms with Crippen molar-refractivity contribution >= 4 is 11.6 Å². The second-order valence-electron chi connectivity index (χ2n) is 3.63. The van der Waals surface area contributed by atoms with E-state index in [0.717, 1.165) is 24.0 Å². The maximum absolute atomic E-state index is 4.33. The fourth-order valence-electron chi connectivity index (χ4n) is 1.35. The molecular formula is C10H16N4.